The maximum absolute atomic E-state index is 11.8. The van der Waals surface area contributed by atoms with Crippen molar-refractivity contribution in [2.75, 3.05) is 26.2 Å². The van der Waals surface area contributed by atoms with Crippen LogP contribution in [0, 0.1) is 5.92 Å². The topological polar surface area (TPSA) is 50.4 Å². The molecule has 2 rings (SSSR count). The van der Waals surface area contributed by atoms with Gasteiger partial charge in [0.2, 0.25) is 5.91 Å². The van der Waals surface area contributed by atoms with Crippen molar-refractivity contribution < 1.29 is 9.53 Å². The molecule has 1 fully saturated rings. The van der Waals surface area contributed by atoms with Gasteiger partial charge >= 0.3 is 0 Å². The number of amides is 1. The SMILES string of the molecule is CC(C)c1ccc(OCCC(=O)NCCC2CCCNC2)cc1.Cl. The molecule has 1 saturated heterocycles. The Kier molecular flexibility index (Phi) is 9.80. The van der Waals surface area contributed by atoms with Gasteiger partial charge in [-0.3, -0.25) is 4.79 Å². The van der Waals surface area contributed by atoms with E-state index in [1.165, 1.54) is 18.4 Å². The summed E-state index contributed by atoms with van der Waals surface area (Å²) < 4.78 is 5.64. The van der Waals surface area contributed by atoms with Crippen molar-refractivity contribution in [1.29, 1.82) is 0 Å². The van der Waals surface area contributed by atoms with E-state index in [1.54, 1.807) is 0 Å². The Bertz CT molecular complexity index is 471. The van der Waals surface area contributed by atoms with Gasteiger partial charge in [0.15, 0.2) is 0 Å². The zero-order chi connectivity index (χ0) is 16.5. The molecule has 1 aromatic rings. The predicted molar refractivity (Wildman–Crippen MR) is 101 cm³/mol. The van der Waals surface area contributed by atoms with Crippen LogP contribution in [0.4, 0.5) is 0 Å². The first-order valence-electron chi connectivity index (χ1n) is 8.85. The highest BCUT2D eigenvalue weighted by Crippen LogP contribution is 2.18. The smallest absolute Gasteiger partial charge is 0.223 e. The van der Waals surface area contributed by atoms with E-state index in [0.29, 0.717) is 24.9 Å². The lowest BCUT2D eigenvalue weighted by atomic mass is 9.96. The summed E-state index contributed by atoms with van der Waals surface area (Å²) in [6.45, 7) is 7.77. The lowest BCUT2D eigenvalue weighted by Crippen LogP contribution is -2.33. The van der Waals surface area contributed by atoms with Crippen molar-refractivity contribution in [3.05, 3.63) is 29.8 Å². The number of nitrogens with one attached hydrogen (secondary N) is 2. The molecular weight excluding hydrogens is 324 g/mol. The predicted octanol–water partition coefficient (Wildman–Crippen LogP) is 3.51. The van der Waals surface area contributed by atoms with E-state index in [-0.39, 0.29) is 18.3 Å². The minimum Gasteiger partial charge on any atom is -0.493 e. The quantitative estimate of drug-likeness (QED) is 0.751. The lowest BCUT2D eigenvalue weighted by Gasteiger charge is -2.22. The average Bonchev–Trinajstić information content (AvgIpc) is 2.56. The third kappa shape index (κ3) is 7.54. The van der Waals surface area contributed by atoms with Gasteiger partial charge in [0.25, 0.3) is 0 Å². The Labute approximate surface area is 152 Å². The van der Waals surface area contributed by atoms with E-state index < -0.39 is 0 Å². The van der Waals surface area contributed by atoms with E-state index >= 15 is 0 Å². The van der Waals surface area contributed by atoms with Crippen LogP contribution in [0.2, 0.25) is 0 Å². The molecule has 2 N–H and O–H groups in total. The van der Waals surface area contributed by atoms with Gasteiger partial charge in [-0.25, -0.2) is 0 Å². The molecule has 136 valence electrons. The zero-order valence-electron chi connectivity index (χ0n) is 14.8. The number of hydrogen-bond donors (Lipinski definition) is 2. The number of carbonyl (C=O) groups excluding carboxylic acids is 1. The Balaban J connectivity index is 0.00000288. The lowest BCUT2D eigenvalue weighted by molar-refractivity contribution is -0.121. The molecule has 1 unspecified atom stereocenters. The molecule has 1 aliphatic rings. The molecule has 1 aliphatic heterocycles. The molecule has 0 aromatic heterocycles. The Morgan fingerprint density at radius 2 is 2.08 bits per heavy atom. The third-order valence-electron chi connectivity index (χ3n) is 4.42. The highest BCUT2D eigenvalue weighted by Gasteiger charge is 2.12. The van der Waals surface area contributed by atoms with Gasteiger partial charge in [0.1, 0.15) is 5.75 Å². The molecule has 1 atom stereocenters. The minimum atomic E-state index is 0. The number of carbonyl (C=O) groups is 1. The van der Waals surface area contributed by atoms with Crippen LogP contribution in [0.5, 0.6) is 5.75 Å². The van der Waals surface area contributed by atoms with E-state index in [9.17, 15) is 4.79 Å². The average molecular weight is 355 g/mol. The summed E-state index contributed by atoms with van der Waals surface area (Å²) in [5.41, 5.74) is 1.30. The third-order valence-corrected chi connectivity index (χ3v) is 4.42. The summed E-state index contributed by atoms with van der Waals surface area (Å²) in [4.78, 5) is 11.8. The number of hydrogen-bond acceptors (Lipinski definition) is 3. The highest BCUT2D eigenvalue weighted by molar-refractivity contribution is 5.85. The van der Waals surface area contributed by atoms with Gasteiger partial charge in [-0.15, -0.1) is 12.4 Å². The molecule has 1 heterocycles. The molecule has 1 aromatic carbocycles. The minimum absolute atomic E-state index is 0. The molecule has 0 saturated carbocycles. The summed E-state index contributed by atoms with van der Waals surface area (Å²) in [6.07, 6.45) is 4.01. The zero-order valence-corrected chi connectivity index (χ0v) is 15.7. The summed E-state index contributed by atoms with van der Waals surface area (Å²) in [7, 11) is 0. The van der Waals surface area contributed by atoms with Gasteiger partial charge in [-0.05, 0) is 61.9 Å². The van der Waals surface area contributed by atoms with Crippen LogP contribution >= 0.6 is 12.4 Å². The van der Waals surface area contributed by atoms with Gasteiger partial charge < -0.3 is 15.4 Å². The van der Waals surface area contributed by atoms with Crippen molar-refractivity contribution >= 4 is 18.3 Å². The molecule has 1 amide bonds. The molecule has 0 aliphatic carbocycles. The Hall–Kier alpha value is -1.26. The van der Waals surface area contributed by atoms with Crippen LogP contribution in [0.1, 0.15) is 51.0 Å². The maximum atomic E-state index is 11.8. The van der Waals surface area contributed by atoms with Crippen molar-refractivity contribution in [3.63, 3.8) is 0 Å². The van der Waals surface area contributed by atoms with Crippen molar-refractivity contribution in [2.24, 2.45) is 5.92 Å². The van der Waals surface area contributed by atoms with Crippen LogP contribution in [-0.4, -0.2) is 32.1 Å². The van der Waals surface area contributed by atoms with Gasteiger partial charge in [-0.2, -0.15) is 0 Å². The van der Waals surface area contributed by atoms with E-state index in [0.717, 1.165) is 31.8 Å². The molecule has 0 radical (unpaired) electrons. The second-order valence-corrected chi connectivity index (χ2v) is 6.67. The Morgan fingerprint density at radius 3 is 2.71 bits per heavy atom. The van der Waals surface area contributed by atoms with E-state index in [1.807, 2.05) is 12.1 Å². The molecule has 24 heavy (non-hydrogen) atoms. The molecular formula is C19H31ClN2O2. The summed E-state index contributed by atoms with van der Waals surface area (Å²) in [5, 5.41) is 6.40. The van der Waals surface area contributed by atoms with E-state index in [4.69, 9.17) is 4.74 Å². The summed E-state index contributed by atoms with van der Waals surface area (Å²) in [6, 6.07) is 8.11. The van der Waals surface area contributed by atoms with Crippen LogP contribution in [0.15, 0.2) is 24.3 Å². The molecule has 0 bridgehead atoms. The first-order chi connectivity index (χ1) is 11.1. The fourth-order valence-corrected chi connectivity index (χ4v) is 2.89. The number of rotatable bonds is 8. The van der Waals surface area contributed by atoms with Gasteiger partial charge in [0.05, 0.1) is 13.0 Å². The van der Waals surface area contributed by atoms with Gasteiger partial charge in [-0.1, -0.05) is 26.0 Å². The monoisotopic (exact) mass is 354 g/mol. The first kappa shape index (κ1) is 20.8. The molecule has 4 nitrogen and oxygen atoms in total. The normalized spacial score (nSPS) is 17.2. The van der Waals surface area contributed by atoms with Crippen LogP contribution in [-0.2, 0) is 4.79 Å². The number of halogens is 1. The second kappa shape index (κ2) is 11.3. The fraction of sp³-hybridized carbons (Fsp3) is 0.632. The largest absolute Gasteiger partial charge is 0.493 e. The summed E-state index contributed by atoms with van der Waals surface area (Å²) >= 11 is 0. The highest BCUT2D eigenvalue weighted by atomic mass is 35.5. The van der Waals surface area contributed by atoms with Gasteiger partial charge in [0, 0.05) is 6.54 Å². The summed E-state index contributed by atoms with van der Waals surface area (Å²) in [5.74, 6) is 2.14. The number of benzene rings is 1. The van der Waals surface area contributed by atoms with Crippen LogP contribution in [0.3, 0.4) is 0 Å². The van der Waals surface area contributed by atoms with E-state index in [2.05, 4.69) is 36.6 Å². The van der Waals surface area contributed by atoms with Crippen LogP contribution in [0.25, 0.3) is 0 Å². The molecule has 5 heteroatoms. The number of piperidine rings is 1. The second-order valence-electron chi connectivity index (χ2n) is 6.67. The number of ether oxygens (including phenoxy) is 1. The van der Waals surface area contributed by atoms with Crippen molar-refractivity contribution in [1.82, 2.24) is 10.6 Å². The fourth-order valence-electron chi connectivity index (χ4n) is 2.89. The first-order valence-corrected chi connectivity index (χ1v) is 8.85. The standard InChI is InChI=1S/C19H30N2O2.ClH/c1-15(2)17-5-7-18(8-6-17)23-13-10-19(22)21-12-9-16-4-3-11-20-14-16;/h5-8,15-16,20H,3-4,9-14H2,1-2H3,(H,21,22);1H. The maximum Gasteiger partial charge on any atom is 0.223 e. The molecule has 0 spiro atoms. The Morgan fingerprint density at radius 1 is 1.33 bits per heavy atom. The van der Waals surface area contributed by atoms with Crippen molar-refractivity contribution in [2.45, 2.75) is 45.4 Å². The van der Waals surface area contributed by atoms with Crippen LogP contribution < -0.4 is 15.4 Å². The van der Waals surface area contributed by atoms with Crippen molar-refractivity contribution in [3.8, 4) is 5.75 Å².